The van der Waals surface area contributed by atoms with Crippen LogP contribution in [0.2, 0.25) is 0 Å². The van der Waals surface area contributed by atoms with Crippen molar-refractivity contribution in [3.05, 3.63) is 35.9 Å². The average molecular weight is 264 g/mol. The molecule has 0 aliphatic heterocycles. The summed E-state index contributed by atoms with van der Waals surface area (Å²) in [5.41, 5.74) is 5.91. The van der Waals surface area contributed by atoms with Crippen molar-refractivity contribution < 1.29 is 14.7 Å². The highest BCUT2D eigenvalue weighted by atomic mass is 16.4. The van der Waals surface area contributed by atoms with Crippen LogP contribution in [-0.4, -0.2) is 23.0 Å². The molecule has 0 aromatic heterocycles. The van der Waals surface area contributed by atoms with Gasteiger partial charge in [0.15, 0.2) is 6.04 Å². The van der Waals surface area contributed by atoms with E-state index in [-0.39, 0.29) is 0 Å². The van der Waals surface area contributed by atoms with E-state index in [0.29, 0.717) is 5.56 Å². The normalized spacial score (nSPS) is 14.5. The first-order chi connectivity index (χ1) is 8.73. The minimum absolute atomic E-state index is 0.427. The molecule has 1 amide bonds. The zero-order chi connectivity index (χ0) is 14.6. The van der Waals surface area contributed by atoms with E-state index in [1.807, 2.05) is 20.8 Å². The number of hydrogen-bond donors (Lipinski definition) is 3. The van der Waals surface area contributed by atoms with Gasteiger partial charge in [-0.1, -0.05) is 51.1 Å². The fourth-order valence-corrected chi connectivity index (χ4v) is 1.56. The number of nitrogens with two attached hydrogens (primary N) is 1. The fraction of sp³-hybridized carbons (Fsp3) is 0.429. The molecule has 1 rings (SSSR count). The number of hydrogen-bond acceptors (Lipinski definition) is 3. The van der Waals surface area contributed by atoms with Gasteiger partial charge < -0.3 is 16.2 Å². The first kappa shape index (κ1) is 15.2. The molecule has 0 spiro atoms. The molecule has 0 heterocycles. The highest BCUT2D eigenvalue weighted by Gasteiger charge is 2.31. The predicted molar refractivity (Wildman–Crippen MR) is 72.4 cm³/mol. The van der Waals surface area contributed by atoms with Gasteiger partial charge in [-0.2, -0.15) is 0 Å². The first-order valence-electron chi connectivity index (χ1n) is 6.07. The van der Waals surface area contributed by atoms with Gasteiger partial charge in [-0.25, -0.2) is 4.79 Å². The summed E-state index contributed by atoms with van der Waals surface area (Å²) in [5.74, 6) is -1.58. The van der Waals surface area contributed by atoms with Gasteiger partial charge in [-0.05, 0) is 11.0 Å². The Labute approximate surface area is 112 Å². The number of carboxylic acid groups (broad SMARTS) is 1. The van der Waals surface area contributed by atoms with E-state index in [2.05, 4.69) is 5.32 Å². The zero-order valence-corrected chi connectivity index (χ0v) is 11.4. The fourth-order valence-electron chi connectivity index (χ4n) is 1.56. The van der Waals surface area contributed by atoms with Crippen molar-refractivity contribution in [1.29, 1.82) is 0 Å². The van der Waals surface area contributed by atoms with E-state index in [0.717, 1.165) is 0 Å². The summed E-state index contributed by atoms with van der Waals surface area (Å²) in [6, 6.07) is 6.69. The topological polar surface area (TPSA) is 92.4 Å². The van der Waals surface area contributed by atoms with E-state index in [1.165, 1.54) is 0 Å². The second-order valence-corrected chi connectivity index (χ2v) is 5.53. The van der Waals surface area contributed by atoms with Crippen molar-refractivity contribution in [2.75, 3.05) is 0 Å². The summed E-state index contributed by atoms with van der Waals surface area (Å²) in [4.78, 5) is 23.2. The molecule has 1 aromatic rings. The van der Waals surface area contributed by atoms with Crippen molar-refractivity contribution in [2.24, 2.45) is 11.1 Å². The van der Waals surface area contributed by atoms with Crippen LogP contribution in [0.25, 0.3) is 0 Å². The van der Waals surface area contributed by atoms with Gasteiger partial charge in [0.05, 0.1) is 6.04 Å². The maximum atomic E-state index is 12.0. The Balaban J connectivity index is 2.87. The van der Waals surface area contributed by atoms with Crippen LogP contribution in [0.4, 0.5) is 0 Å². The second-order valence-electron chi connectivity index (χ2n) is 5.53. The average Bonchev–Trinajstić information content (AvgIpc) is 2.34. The summed E-state index contributed by atoms with van der Waals surface area (Å²) in [5, 5.41) is 11.7. The molecule has 4 N–H and O–H groups in total. The monoisotopic (exact) mass is 264 g/mol. The second kappa shape index (κ2) is 5.84. The van der Waals surface area contributed by atoms with Gasteiger partial charge in [0.25, 0.3) is 0 Å². The largest absolute Gasteiger partial charge is 0.479 e. The summed E-state index contributed by atoms with van der Waals surface area (Å²) in [6.07, 6.45) is 0. The summed E-state index contributed by atoms with van der Waals surface area (Å²) in [6.45, 7) is 5.49. The van der Waals surface area contributed by atoms with E-state index in [1.54, 1.807) is 30.3 Å². The maximum Gasteiger partial charge on any atom is 0.330 e. The van der Waals surface area contributed by atoms with Crippen molar-refractivity contribution in [2.45, 2.75) is 32.9 Å². The molecule has 104 valence electrons. The minimum Gasteiger partial charge on any atom is -0.479 e. The molecule has 0 saturated carbocycles. The van der Waals surface area contributed by atoms with E-state index < -0.39 is 29.4 Å². The number of aliphatic carboxylic acids is 1. The highest BCUT2D eigenvalue weighted by Crippen LogP contribution is 2.19. The number of amides is 1. The van der Waals surface area contributed by atoms with Crippen molar-refractivity contribution in [1.82, 2.24) is 5.32 Å². The van der Waals surface area contributed by atoms with Crippen molar-refractivity contribution in [3.8, 4) is 0 Å². The van der Waals surface area contributed by atoms with Crippen LogP contribution in [0.1, 0.15) is 32.4 Å². The standard InChI is InChI=1S/C14H20N2O3/c1-14(2,3)11(15)12(17)16-10(13(18)19)9-7-5-4-6-8-9/h4-8,10-11H,15H2,1-3H3,(H,16,17)(H,18,19)/t10-,11+/m1/s1. The molecule has 0 aliphatic carbocycles. The van der Waals surface area contributed by atoms with Crippen LogP contribution in [0, 0.1) is 5.41 Å². The number of carboxylic acids is 1. The lowest BCUT2D eigenvalue weighted by Crippen LogP contribution is -2.50. The molecule has 0 saturated heterocycles. The lowest BCUT2D eigenvalue weighted by atomic mass is 9.86. The van der Waals surface area contributed by atoms with Crippen LogP contribution < -0.4 is 11.1 Å². The molecule has 0 unspecified atom stereocenters. The Morgan fingerprint density at radius 3 is 2.16 bits per heavy atom. The van der Waals surface area contributed by atoms with Gasteiger partial charge in [0, 0.05) is 0 Å². The molecule has 0 fully saturated rings. The Bertz CT molecular complexity index is 452. The van der Waals surface area contributed by atoms with Gasteiger partial charge >= 0.3 is 5.97 Å². The molecule has 2 atom stereocenters. The van der Waals surface area contributed by atoms with Crippen LogP contribution in [0.15, 0.2) is 30.3 Å². The lowest BCUT2D eigenvalue weighted by molar-refractivity contribution is -0.142. The quantitative estimate of drug-likeness (QED) is 0.764. The van der Waals surface area contributed by atoms with Crippen LogP contribution >= 0.6 is 0 Å². The molecule has 0 aliphatic rings. The third-order valence-corrected chi connectivity index (χ3v) is 2.88. The molecular formula is C14H20N2O3. The Hall–Kier alpha value is -1.88. The highest BCUT2D eigenvalue weighted by molar-refractivity contribution is 5.87. The van der Waals surface area contributed by atoms with Gasteiger partial charge in [0.1, 0.15) is 0 Å². The van der Waals surface area contributed by atoms with Crippen LogP contribution in [-0.2, 0) is 9.59 Å². The van der Waals surface area contributed by atoms with Gasteiger partial charge in [-0.15, -0.1) is 0 Å². The molecular weight excluding hydrogens is 244 g/mol. The predicted octanol–water partition coefficient (Wildman–Crippen LogP) is 1.30. The number of carbonyl (C=O) groups is 2. The molecule has 19 heavy (non-hydrogen) atoms. The SMILES string of the molecule is CC(C)(C)[C@@H](N)C(=O)N[C@@H](C(=O)O)c1ccccc1. The third-order valence-electron chi connectivity index (χ3n) is 2.88. The first-order valence-corrected chi connectivity index (χ1v) is 6.07. The summed E-state index contributed by atoms with van der Waals surface area (Å²) >= 11 is 0. The Morgan fingerprint density at radius 2 is 1.74 bits per heavy atom. The van der Waals surface area contributed by atoms with Crippen molar-refractivity contribution in [3.63, 3.8) is 0 Å². The molecule has 1 aromatic carbocycles. The number of nitrogens with one attached hydrogen (secondary N) is 1. The number of carbonyl (C=O) groups excluding carboxylic acids is 1. The van der Waals surface area contributed by atoms with Crippen molar-refractivity contribution >= 4 is 11.9 Å². The van der Waals surface area contributed by atoms with E-state index >= 15 is 0 Å². The number of benzene rings is 1. The molecule has 0 bridgehead atoms. The van der Waals surface area contributed by atoms with Gasteiger partial charge in [-0.3, -0.25) is 4.79 Å². The number of rotatable bonds is 4. The van der Waals surface area contributed by atoms with Crippen LogP contribution in [0.5, 0.6) is 0 Å². The van der Waals surface area contributed by atoms with Crippen LogP contribution in [0.3, 0.4) is 0 Å². The Kier molecular flexibility index (Phi) is 4.67. The summed E-state index contributed by atoms with van der Waals surface area (Å²) in [7, 11) is 0. The van der Waals surface area contributed by atoms with E-state index in [9.17, 15) is 14.7 Å². The summed E-state index contributed by atoms with van der Waals surface area (Å²) < 4.78 is 0. The minimum atomic E-state index is -1.11. The smallest absolute Gasteiger partial charge is 0.330 e. The molecule has 5 nitrogen and oxygen atoms in total. The van der Waals surface area contributed by atoms with E-state index in [4.69, 9.17) is 5.73 Å². The molecule has 0 radical (unpaired) electrons. The Morgan fingerprint density at radius 1 is 1.21 bits per heavy atom. The lowest BCUT2D eigenvalue weighted by Gasteiger charge is -2.27. The molecule has 5 heteroatoms. The van der Waals surface area contributed by atoms with Gasteiger partial charge in [0.2, 0.25) is 5.91 Å². The zero-order valence-electron chi connectivity index (χ0n) is 11.4. The maximum absolute atomic E-state index is 12.0. The third kappa shape index (κ3) is 4.06.